The molecule has 0 amide bonds. The summed E-state index contributed by atoms with van der Waals surface area (Å²) in [7, 11) is 0. The molecule has 0 bridgehead atoms. The van der Waals surface area contributed by atoms with Crippen LogP contribution in [0.4, 0.5) is 0 Å². The predicted molar refractivity (Wildman–Crippen MR) is 56.5 cm³/mol. The second-order valence-electron chi connectivity index (χ2n) is 4.12. The zero-order valence-electron chi connectivity index (χ0n) is 9.11. The van der Waals surface area contributed by atoms with E-state index >= 15 is 0 Å². The Bertz CT molecular complexity index is 286. The van der Waals surface area contributed by atoms with Crippen molar-refractivity contribution in [2.24, 2.45) is 0 Å². The number of aliphatic hydroxyl groups excluding tert-OH is 1. The highest BCUT2D eigenvalue weighted by Gasteiger charge is 2.43. The van der Waals surface area contributed by atoms with E-state index in [4.69, 9.17) is 9.15 Å². The van der Waals surface area contributed by atoms with E-state index in [1.54, 1.807) is 12.3 Å². The average molecular weight is 210 g/mol. The molecule has 1 aromatic rings. The van der Waals surface area contributed by atoms with Crippen molar-refractivity contribution < 1.29 is 14.3 Å². The Balaban J connectivity index is 2.17. The maximum absolute atomic E-state index is 10.3. The van der Waals surface area contributed by atoms with Gasteiger partial charge in [-0.1, -0.05) is 12.8 Å². The Kier molecular flexibility index (Phi) is 3.12. The van der Waals surface area contributed by atoms with Gasteiger partial charge in [0, 0.05) is 6.61 Å². The molecule has 15 heavy (non-hydrogen) atoms. The van der Waals surface area contributed by atoms with Crippen molar-refractivity contribution >= 4 is 0 Å². The van der Waals surface area contributed by atoms with Crippen LogP contribution >= 0.6 is 0 Å². The summed E-state index contributed by atoms with van der Waals surface area (Å²) in [5.41, 5.74) is -0.410. The molecule has 1 N–H and O–H groups in total. The molecule has 0 radical (unpaired) electrons. The summed E-state index contributed by atoms with van der Waals surface area (Å²) in [5.74, 6) is 0.616. The minimum absolute atomic E-state index is 0.410. The van der Waals surface area contributed by atoms with Crippen LogP contribution in [0.1, 0.15) is 44.5 Å². The lowest BCUT2D eigenvalue weighted by atomic mass is 9.92. The van der Waals surface area contributed by atoms with Crippen LogP contribution in [0.15, 0.2) is 22.8 Å². The molecule has 1 unspecified atom stereocenters. The van der Waals surface area contributed by atoms with Crippen LogP contribution in [0.5, 0.6) is 0 Å². The van der Waals surface area contributed by atoms with Crippen LogP contribution in [0.2, 0.25) is 0 Å². The van der Waals surface area contributed by atoms with Crippen LogP contribution in [0.25, 0.3) is 0 Å². The first kappa shape index (κ1) is 10.7. The molecular formula is C12H18O3. The number of hydrogen-bond acceptors (Lipinski definition) is 3. The fraction of sp³-hybridized carbons (Fsp3) is 0.667. The lowest BCUT2D eigenvalue weighted by molar-refractivity contribution is -0.124. The second-order valence-corrected chi connectivity index (χ2v) is 4.12. The Labute approximate surface area is 90.0 Å². The van der Waals surface area contributed by atoms with Crippen molar-refractivity contribution in [3.8, 4) is 0 Å². The third-order valence-corrected chi connectivity index (χ3v) is 3.19. The Morgan fingerprint density at radius 3 is 2.80 bits per heavy atom. The molecule has 1 fully saturated rings. The summed E-state index contributed by atoms with van der Waals surface area (Å²) < 4.78 is 11.0. The normalized spacial score (nSPS) is 21.7. The third-order valence-electron chi connectivity index (χ3n) is 3.19. The number of ether oxygens (including phenoxy) is 1. The van der Waals surface area contributed by atoms with Crippen molar-refractivity contribution in [3.63, 3.8) is 0 Å². The highest BCUT2D eigenvalue weighted by Crippen LogP contribution is 2.42. The van der Waals surface area contributed by atoms with E-state index in [9.17, 15) is 5.11 Å². The van der Waals surface area contributed by atoms with Gasteiger partial charge in [0.25, 0.3) is 0 Å². The highest BCUT2D eigenvalue weighted by molar-refractivity contribution is 5.09. The number of aliphatic hydroxyl groups is 1. The fourth-order valence-electron chi connectivity index (χ4n) is 2.46. The van der Waals surface area contributed by atoms with Crippen LogP contribution in [-0.4, -0.2) is 17.3 Å². The van der Waals surface area contributed by atoms with E-state index in [0.29, 0.717) is 12.4 Å². The Morgan fingerprint density at radius 1 is 1.53 bits per heavy atom. The van der Waals surface area contributed by atoms with Crippen LogP contribution < -0.4 is 0 Å². The lowest BCUT2D eigenvalue weighted by Crippen LogP contribution is -2.36. The molecule has 0 aliphatic heterocycles. The summed E-state index contributed by atoms with van der Waals surface area (Å²) in [6.45, 7) is 2.60. The molecule has 3 nitrogen and oxygen atoms in total. The van der Waals surface area contributed by atoms with Crippen LogP contribution in [0.3, 0.4) is 0 Å². The summed E-state index contributed by atoms with van der Waals surface area (Å²) in [4.78, 5) is 0. The van der Waals surface area contributed by atoms with Gasteiger partial charge in [0.2, 0.25) is 0 Å². The van der Waals surface area contributed by atoms with Gasteiger partial charge in [-0.2, -0.15) is 0 Å². The van der Waals surface area contributed by atoms with Gasteiger partial charge in [0.1, 0.15) is 17.5 Å². The maximum Gasteiger partial charge on any atom is 0.140 e. The van der Waals surface area contributed by atoms with Crippen LogP contribution in [-0.2, 0) is 4.74 Å². The molecule has 1 aromatic heterocycles. The fourth-order valence-corrected chi connectivity index (χ4v) is 2.46. The summed E-state index contributed by atoms with van der Waals surface area (Å²) in [6, 6.07) is 3.61. The number of furan rings is 1. The smallest absolute Gasteiger partial charge is 0.140 e. The van der Waals surface area contributed by atoms with Crippen LogP contribution in [0, 0.1) is 0 Å². The molecule has 0 saturated heterocycles. The van der Waals surface area contributed by atoms with Gasteiger partial charge < -0.3 is 14.3 Å². The largest absolute Gasteiger partial charge is 0.466 e. The van der Waals surface area contributed by atoms with Gasteiger partial charge in [0.05, 0.1) is 6.26 Å². The molecule has 0 spiro atoms. The minimum Gasteiger partial charge on any atom is -0.466 e. The molecule has 84 valence electrons. The Morgan fingerprint density at radius 2 is 2.27 bits per heavy atom. The molecule has 1 aliphatic carbocycles. The van der Waals surface area contributed by atoms with Gasteiger partial charge in [0.15, 0.2) is 0 Å². The van der Waals surface area contributed by atoms with Crippen molar-refractivity contribution in [3.05, 3.63) is 24.2 Å². The molecule has 1 atom stereocenters. The van der Waals surface area contributed by atoms with Crippen molar-refractivity contribution in [2.75, 3.05) is 6.61 Å². The predicted octanol–water partition coefficient (Wildman–Crippen LogP) is 2.66. The number of hydrogen-bond donors (Lipinski definition) is 1. The topological polar surface area (TPSA) is 42.6 Å². The zero-order valence-corrected chi connectivity index (χ0v) is 9.11. The van der Waals surface area contributed by atoms with E-state index in [1.807, 2.05) is 13.0 Å². The van der Waals surface area contributed by atoms with Gasteiger partial charge in [-0.3, -0.25) is 0 Å². The second kappa shape index (κ2) is 4.37. The van der Waals surface area contributed by atoms with Crippen molar-refractivity contribution in [1.29, 1.82) is 0 Å². The first-order valence-corrected chi connectivity index (χ1v) is 5.64. The molecule has 1 aliphatic rings. The van der Waals surface area contributed by atoms with E-state index < -0.39 is 11.7 Å². The molecular weight excluding hydrogens is 192 g/mol. The Hall–Kier alpha value is -0.800. The monoisotopic (exact) mass is 210 g/mol. The van der Waals surface area contributed by atoms with Gasteiger partial charge in [-0.25, -0.2) is 0 Å². The van der Waals surface area contributed by atoms with E-state index in [-0.39, 0.29) is 0 Å². The highest BCUT2D eigenvalue weighted by atomic mass is 16.5. The summed E-state index contributed by atoms with van der Waals surface area (Å²) >= 11 is 0. The van der Waals surface area contributed by atoms with E-state index in [0.717, 1.165) is 25.7 Å². The first-order chi connectivity index (χ1) is 7.28. The average Bonchev–Trinajstić information content (AvgIpc) is 2.88. The van der Waals surface area contributed by atoms with Gasteiger partial charge in [-0.15, -0.1) is 0 Å². The van der Waals surface area contributed by atoms with Gasteiger partial charge >= 0.3 is 0 Å². The summed E-state index contributed by atoms with van der Waals surface area (Å²) in [5, 5.41) is 10.3. The first-order valence-electron chi connectivity index (χ1n) is 5.64. The molecule has 1 heterocycles. The van der Waals surface area contributed by atoms with Crippen molar-refractivity contribution in [1.82, 2.24) is 0 Å². The maximum atomic E-state index is 10.3. The van der Waals surface area contributed by atoms with Gasteiger partial charge in [-0.05, 0) is 31.9 Å². The standard InChI is InChI=1S/C12H18O3/c1-2-15-12(7-3-4-8-12)11(13)10-6-5-9-14-10/h5-6,9,11,13H,2-4,7-8H2,1H3. The molecule has 3 heteroatoms. The molecule has 1 saturated carbocycles. The SMILES string of the molecule is CCOC1(C(O)c2ccco2)CCCC1. The molecule has 0 aromatic carbocycles. The number of rotatable bonds is 4. The minimum atomic E-state index is -0.630. The summed E-state index contributed by atoms with van der Waals surface area (Å²) in [6.07, 6.45) is 5.05. The van der Waals surface area contributed by atoms with E-state index in [1.165, 1.54) is 0 Å². The van der Waals surface area contributed by atoms with E-state index in [2.05, 4.69) is 0 Å². The zero-order chi connectivity index (χ0) is 10.7. The third kappa shape index (κ3) is 1.94. The quantitative estimate of drug-likeness (QED) is 0.830. The van der Waals surface area contributed by atoms with Crippen molar-refractivity contribution in [2.45, 2.75) is 44.3 Å². The lowest BCUT2D eigenvalue weighted by Gasteiger charge is -2.32. The molecule has 2 rings (SSSR count).